The number of hydrogen-bond acceptors (Lipinski definition) is 5. The van der Waals surface area contributed by atoms with E-state index in [2.05, 4.69) is 10.3 Å². The number of halogens is 3. The SMILES string of the molecule is COc1cccc([C@H](c2ccccn2)N(CCOc2ccccc2C(F)(F)F)C(=O)C2CCNCC2)c1. The van der Waals surface area contributed by atoms with Gasteiger partial charge in [0.05, 0.1) is 31.0 Å². The van der Waals surface area contributed by atoms with Gasteiger partial charge in [-0.3, -0.25) is 9.78 Å². The molecule has 1 aromatic heterocycles. The molecule has 1 fully saturated rings. The van der Waals surface area contributed by atoms with E-state index in [1.165, 1.54) is 18.2 Å². The van der Waals surface area contributed by atoms with Crippen molar-refractivity contribution in [3.8, 4) is 11.5 Å². The van der Waals surface area contributed by atoms with Crippen LogP contribution in [0.25, 0.3) is 0 Å². The van der Waals surface area contributed by atoms with Crippen LogP contribution >= 0.6 is 0 Å². The van der Waals surface area contributed by atoms with Gasteiger partial charge in [-0.1, -0.05) is 30.3 Å². The van der Waals surface area contributed by atoms with Crippen LogP contribution in [0.2, 0.25) is 0 Å². The molecular weight excluding hydrogens is 483 g/mol. The number of para-hydroxylation sites is 1. The van der Waals surface area contributed by atoms with Gasteiger partial charge < -0.3 is 19.7 Å². The highest BCUT2D eigenvalue weighted by atomic mass is 19.4. The monoisotopic (exact) mass is 513 g/mol. The Morgan fingerprint density at radius 1 is 1.08 bits per heavy atom. The highest BCUT2D eigenvalue weighted by Crippen LogP contribution is 2.36. The Morgan fingerprint density at radius 2 is 1.84 bits per heavy atom. The first-order valence-corrected chi connectivity index (χ1v) is 12.2. The second-order valence-electron chi connectivity index (χ2n) is 8.83. The molecule has 1 atom stereocenters. The normalized spacial score (nSPS) is 15.1. The maximum absolute atomic E-state index is 13.9. The van der Waals surface area contributed by atoms with Crippen LogP contribution < -0.4 is 14.8 Å². The number of amides is 1. The summed E-state index contributed by atoms with van der Waals surface area (Å²) in [6.07, 6.45) is -1.52. The third kappa shape index (κ3) is 6.60. The average molecular weight is 514 g/mol. The van der Waals surface area contributed by atoms with Gasteiger partial charge in [-0.15, -0.1) is 0 Å². The third-order valence-electron chi connectivity index (χ3n) is 6.44. The molecule has 3 aromatic rings. The molecule has 37 heavy (non-hydrogen) atoms. The Labute approximate surface area is 214 Å². The van der Waals surface area contributed by atoms with Crippen molar-refractivity contribution in [3.63, 3.8) is 0 Å². The largest absolute Gasteiger partial charge is 0.497 e. The highest BCUT2D eigenvalue weighted by molar-refractivity contribution is 5.80. The number of piperidine rings is 1. The van der Waals surface area contributed by atoms with Gasteiger partial charge in [0.2, 0.25) is 5.91 Å². The molecule has 2 aromatic carbocycles. The summed E-state index contributed by atoms with van der Waals surface area (Å²) in [5.41, 5.74) is 0.588. The standard InChI is InChI=1S/C28H30F3N3O3/c1-36-22-8-6-7-21(19-22)26(24-10-4-5-14-33-24)34(27(35)20-12-15-32-16-13-20)17-18-37-25-11-3-2-9-23(25)28(29,30)31/h2-11,14,19-20,26,32H,12-13,15-18H2,1H3/t26-/m1/s1. The van der Waals surface area contributed by atoms with Gasteiger partial charge in [-0.2, -0.15) is 13.2 Å². The number of benzene rings is 2. The van der Waals surface area contributed by atoms with Crippen LogP contribution in [0.1, 0.15) is 35.7 Å². The number of alkyl halides is 3. The van der Waals surface area contributed by atoms with E-state index in [4.69, 9.17) is 9.47 Å². The van der Waals surface area contributed by atoms with E-state index in [9.17, 15) is 18.0 Å². The zero-order chi connectivity index (χ0) is 26.3. The summed E-state index contributed by atoms with van der Waals surface area (Å²) in [5.74, 6) is 0.0799. The number of nitrogens with zero attached hydrogens (tertiary/aromatic N) is 2. The Morgan fingerprint density at radius 3 is 2.54 bits per heavy atom. The lowest BCUT2D eigenvalue weighted by atomic mass is 9.93. The van der Waals surface area contributed by atoms with Crippen molar-refractivity contribution >= 4 is 5.91 Å². The van der Waals surface area contributed by atoms with E-state index in [1.54, 1.807) is 24.3 Å². The van der Waals surface area contributed by atoms with Gasteiger partial charge in [0.25, 0.3) is 0 Å². The molecule has 1 aliphatic heterocycles. The molecule has 4 rings (SSSR count). The van der Waals surface area contributed by atoms with Crippen molar-refractivity contribution in [2.24, 2.45) is 5.92 Å². The molecule has 9 heteroatoms. The van der Waals surface area contributed by atoms with Gasteiger partial charge in [0, 0.05) is 12.1 Å². The fraction of sp³-hybridized carbons (Fsp3) is 0.357. The second kappa shape index (κ2) is 12.1. The Kier molecular flexibility index (Phi) is 8.66. The Balaban J connectivity index is 1.68. The Hall–Kier alpha value is -3.59. The van der Waals surface area contributed by atoms with E-state index in [1.807, 2.05) is 36.4 Å². The number of rotatable bonds is 9. The molecular formula is C28H30F3N3O3. The van der Waals surface area contributed by atoms with E-state index >= 15 is 0 Å². The van der Waals surface area contributed by atoms with Crippen LogP contribution in [0, 0.1) is 5.92 Å². The number of pyridine rings is 1. The molecule has 0 radical (unpaired) electrons. The highest BCUT2D eigenvalue weighted by Gasteiger charge is 2.35. The number of nitrogens with one attached hydrogen (secondary N) is 1. The third-order valence-corrected chi connectivity index (χ3v) is 6.44. The molecule has 0 spiro atoms. The lowest BCUT2D eigenvalue weighted by Crippen LogP contribution is -2.45. The maximum Gasteiger partial charge on any atom is 0.419 e. The summed E-state index contributed by atoms with van der Waals surface area (Å²) in [7, 11) is 1.57. The van der Waals surface area contributed by atoms with E-state index in [-0.39, 0.29) is 30.7 Å². The van der Waals surface area contributed by atoms with Gasteiger partial charge >= 0.3 is 6.18 Å². The molecule has 6 nitrogen and oxygen atoms in total. The molecule has 0 unspecified atom stereocenters. The smallest absolute Gasteiger partial charge is 0.419 e. The molecule has 196 valence electrons. The second-order valence-corrected chi connectivity index (χ2v) is 8.83. The van der Waals surface area contributed by atoms with Crippen LogP contribution in [0.4, 0.5) is 13.2 Å². The van der Waals surface area contributed by atoms with Crippen molar-refractivity contribution in [1.29, 1.82) is 0 Å². The predicted octanol–water partition coefficient (Wildman–Crippen LogP) is 5.11. The summed E-state index contributed by atoms with van der Waals surface area (Å²) < 4.78 is 51.5. The molecule has 0 aliphatic carbocycles. The van der Waals surface area contributed by atoms with Crippen LogP contribution in [0.5, 0.6) is 11.5 Å². The van der Waals surface area contributed by atoms with Crippen molar-refractivity contribution in [1.82, 2.24) is 15.2 Å². The first kappa shape index (κ1) is 26.5. The van der Waals surface area contributed by atoms with E-state index < -0.39 is 17.8 Å². The maximum atomic E-state index is 13.9. The van der Waals surface area contributed by atoms with Gasteiger partial charge in [-0.05, 0) is 67.9 Å². The van der Waals surface area contributed by atoms with E-state index in [0.29, 0.717) is 24.3 Å². The van der Waals surface area contributed by atoms with Crippen molar-refractivity contribution < 1.29 is 27.4 Å². The fourth-order valence-corrected chi connectivity index (χ4v) is 4.61. The minimum absolute atomic E-state index is 0.0762. The summed E-state index contributed by atoms with van der Waals surface area (Å²) in [6.45, 7) is 1.42. The van der Waals surface area contributed by atoms with Crippen molar-refractivity contribution in [2.45, 2.75) is 25.1 Å². The quantitative estimate of drug-likeness (QED) is 0.431. The summed E-state index contributed by atoms with van der Waals surface area (Å²) in [4.78, 5) is 20.1. The number of hydrogen-bond donors (Lipinski definition) is 1. The summed E-state index contributed by atoms with van der Waals surface area (Å²) in [5, 5.41) is 3.27. The zero-order valence-electron chi connectivity index (χ0n) is 20.6. The van der Waals surface area contributed by atoms with Crippen LogP contribution in [-0.4, -0.2) is 49.1 Å². The van der Waals surface area contributed by atoms with E-state index in [0.717, 1.165) is 24.7 Å². The van der Waals surface area contributed by atoms with Gasteiger partial charge in [0.1, 0.15) is 18.1 Å². The average Bonchev–Trinajstić information content (AvgIpc) is 2.93. The van der Waals surface area contributed by atoms with Crippen LogP contribution in [0.15, 0.2) is 72.9 Å². The first-order valence-electron chi connectivity index (χ1n) is 12.2. The molecule has 2 heterocycles. The first-order chi connectivity index (χ1) is 17.9. The minimum Gasteiger partial charge on any atom is -0.497 e. The van der Waals surface area contributed by atoms with Crippen LogP contribution in [-0.2, 0) is 11.0 Å². The number of aromatic nitrogens is 1. The van der Waals surface area contributed by atoms with Crippen molar-refractivity contribution in [2.75, 3.05) is 33.4 Å². The summed E-state index contributed by atoms with van der Waals surface area (Å²) >= 11 is 0. The summed E-state index contributed by atoms with van der Waals surface area (Å²) in [6, 6.07) is 17.4. The minimum atomic E-state index is -4.54. The number of methoxy groups -OCH3 is 1. The number of carbonyl (C=O) groups excluding carboxylic acids is 1. The number of carbonyl (C=O) groups is 1. The lowest BCUT2D eigenvalue weighted by Gasteiger charge is -2.36. The molecule has 1 amide bonds. The molecule has 0 bridgehead atoms. The molecule has 1 saturated heterocycles. The predicted molar refractivity (Wildman–Crippen MR) is 133 cm³/mol. The topological polar surface area (TPSA) is 63.7 Å². The molecule has 1 N–H and O–H groups in total. The van der Waals surface area contributed by atoms with Gasteiger partial charge in [0.15, 0.2) is 0 Å². The van der Waals surface area contributed by atoms with Crippen molar-refractivity contribution in [3.05, 3.63) is 89.7 Å². The molecule has 0 saturated carbocycles. The molecule has 1 aliphatic rings. The Bertz CT molecular complexity index is 1170. The zero-order valence-corrected chi connectivity index (χ0v) is 20.6. The van der Waals surface area contributed by atoms with Crippen LogP contribution in [0.3, 0.4) is 0 Å². The number of ether oxygens (including phenoxy) is 2. The lowest BCUT2D eigenvalue weighted by molar-refractivity contribution is -0.141. The fourth-order valence-electron chi connectivity index (χ4n) is 4.61. The van der Waals surface area contributed by atoms with Gasteiger partial charge in [-0.25, -0.2) is 0 Å².